The summed E-state index contributed by atoms with van der Waals surface area (Å²) in [6.45, 7) is 3.48. The average Bonchev–Trinajstić information content (AvgIpc) is 2.90. The van der Waals surface area contributed by atoms with Gasteiger partial charge in [0.2, 0.25) is 0 Å². The molecule has 3 rings (SSSR count). The van der Waals surface area contributed by atoms with E-state index in [1.807, 2.05) is 12.1 Å². The highest BCUT2D eigenvalue weighted by Gasteiger charge is 2.15. The van der Waals surface area contributed by atoms with Crippen LogP contribution < -0.4 is 5.73 Å². The lowest BCUT2D eigenvalue weighted by atomic mass is 10.1. The van der Waals surface area contributed by atoms with E-state index in [2.05, 4.69) is 28.8 Å². The zero-order valence-electron chi connectivity index (χ0n) is 10.3. The van der Waals surface area contributed by atoms with Crippen molar-refractivity contribution >= 4 is 16.6 Å². The van der Waals surface area contributed by atoms with E-state index in [1.54, 1.807) is 0 Å². The van der Waals surface area contributed by atoms with Crippen LogP contribution in [0.2, 0.25) is 0 Å². The number of likely N-dealkylation sites (tertiary alicyclic amines) is 1. The Kier molecular flexibility index (Phi) is 2.56. The number of nitrogens with zero attached hydrogens (tertiary/aromatic N) is 2. The monoisotopic (exact) mass is 229 g/mol. The highest BCUT2D eigenvalue weighted by molar-refractivity contribution is 5.94. The molecule has 2 aromatic rings. The van der Waals surface area contributed by atoms with Crippen molar-refractivity contribution in [3.8, 4) is 0 Å². The van der Waals surface area contributed by atoms with Crippen LogP contribution in [0, 0.1) is 0 Å². The molecular weight excluding hydrogens is 210 g/mol. The minimum atomic E-state index is 0.900. The van der Waals surface area contributed by atoms with E-state index in [1.165, 1.54) is 42.4 Å². The Balaban J connectivity index is 2.03. The molecule has 1 saturated heterocycles. The summed E-state index contributed by atoms with van der Waals surface area (Å²) < 4.78 is 2.18. The Hall–Kier alpha value is -1.48. The number of nitrogen functional groups attached to an aromatic ring is 1. The molecule has 3 heteroatoms. The van der Waals surface area contributed by atoms with Crippen molar-refractivity contribution < 1.29 is 0 Å². The number of aryl methyl sites for hydroxylation is 1. The zero-order valence-corrected chi connectivity index (χ0v) is 10.3. The van der Waals surface area contributed by atoms with E-state index in [0.29, 0.717) is 0 Å². The molecule has 1 aromatic heterocycles. The summed E-state index contributed by atoms with van der Waals surface area (Å²) in [5.74, 6) is 0. The van der Waals surface area contributed by atoms with E-state index in [4.69, 9.17) is 5.73 Å². The lowest BCUT2D eigenvalue weighted by Gasteiger charge is -2.13. The number of anilines is 1. The highest BCUT2D eigenvalue weighted by Crippen LogP contribution is 2.28. The Morgan fingerprint density at radius 1 is 1.24 bits per heavy atom. The third-order valence-corrected chi connectivity index (χ3v) is 3.72. The van der Waals surface area contributed by atoms with Crippen LogP contribution in [0.25, 0.3) is 10.9 Å². The summed E-state index contributed by atoms with van der Waals surface area (Å²) in [6.07, 6.45) is 4.89. The van der Waals surface area contributed by atoms with Crippen molar-refractivity contribution in [3.05, 3.63) is 30.0 Å². The average molecular weight is 229 g/mol. The number of nitrogens with two attached hydrogens (primary N) is 1. The van der Waals surface area contributed by atoms with Crippen LogP contribution in [0.4, 0.5) is 5.69 Å². The van der Waals surface area contributed by atoms with Gasteiger partial charge in [-0.2, -0.15) is 0 Å². The van der Waals surface area contributed by atoms with E-state index in [-0.39, 0.29) is 0 Å². The first-order chi connectivity index (χ1) is 8.25. The quantitative estimate of drug-likeness (QED) is 0.802. The fourth-order valence-corrected chi connectivity index (χ4v) is 2.87. The molecular formula is C14H19N3. The number of aromatic nitrogens is 1. The first-order valence-corrected chi connectivity index (χ1v) is 6.30. The van der Waals surface area contributed by atoms with Gasteiger partial charge in [-0.15, -0.1) is 0 Å². The molecule has 17 heavy (non-hydrogen) atoms. The van der Waals surface area contributed by atoms with E-state index in [0.717, 1.165) is 12.2 Å². The molecule has 2 N–H and O–H groups in total. The maximum Gasteiger partial charge on any atom is 0.0501 e. The normalized spacial score (nSPS) is 17.0. The summed E-state index contributed by atoms with van der Waals surface area (Å²) in [5.41, 5.74) is 9.61. The molecule has 3 nitrogen and oxygen atoms in total. The molecule has 0 atom stereocenters. The standard InChI is InChI=1S/C14H19N3/c1-16-9-11(10-17-7-2-3-8-17)14-12(15)5-4-6-13(14)16/h4-6,9H,2-3,7-8,10,15H2,1H3. The van der Waals surface area contributed by atoms with Gasteiger partial charge in [-0.1, -0.05) is 6.07 Å². The number of fused-ring (bicyclic) bond motifs is 1. The number of hydrogen-bond acceptors (Lipinski definition) is 2. The molecule has 0 spiro atoms. The number of hydrogen-bond donors (Lipinski definition) is 1. The van der Waals surface area contributed by atoms with Crippen molar-refractivity contribution in [2.75, 3.05) is 18.8 Å². The molecule has 0 saturated carbocycles. The van der Waals surface area contributed by atoms with Crippen LogP contribution in [0.5, 0.6) is 0 Å². The molecule has 1 aromatic carbocycles. The van der Waals surface area contributed by atoms with Gasteiger partial charge in [-0.25, -0.2) is 0 Å². The predicted octanol–water partition coefficient (Wildman–Crippen LogP) is 2.36. The molecule has 1 fully saturated rings. The third kappa shape index (κ3) is 1.80. The highest BCUT2D eigenvalue weighted by atomic mass is 15.1. The van der Waals surface area contributed by atoms with Crippen LogP contribution in [0.3, 0.4) is 0 Å². The molecule has 90 valence electrons. The second-order valence-corrected chi connectivity index (χ2v) is 4.99. The van der Waals surface area contributed by atoms with Crippen molar-refractivity contribution in [3.63, 3.8) is 0 Å². The smallest absolute Gasteiger partial charge is 0.0501 e. The molecule has 0 aliphatic carbocycles. The lowest BCUT2D eigenvalue weighted by Crippen LogP contribution is -2.18. The first kappa shape index (κ1) is 10.7. The Labute approximate surface area is 102 Å². The van der Waals surface area contributed by atoms with Crippen LogP contribution in [0.1, 0.15) is 18.4 Å². The van der Waals surface area contributed by atoms with Crippen LogP contribution in [-0.2, 0) is 13.6 Å². The molecule has 1 aliphatic heterocycles. The molecule has 2 heterocycles. The Morgan fingerprint density at radius 3 is 2.76 bits per heavy atom. The van der Waals surface area contributed by atoms with Gasteiger partial charge in [0.25, 0.3) is 0 Å². The summed E-state index contributed by atoms with van der Waals surface area (Å²) in [6, 6.07) is 6.16. The maximum absolute atomic E-state index is 6.11. The van der Waals surface area contributed by atoms with Crippen LogP contribution >= 0.6 is 0 Å². The summed E-state index contributed by atoms with van der Waals surface area (Å²) in [7, 11) is 2.09. The van der Waals surface area contributed by atoms with E-state index in [9.17, 15) is 0 Å². The van der Waals surface area contributed by atoms with Gasteiger partial charge in [0, 0.05) is 30.9 Å². The van der Waals surface area contributed by atoms with E-state index >= 15 is 0 Å². The van der Waals surface area contributed by atoms with Gasteiger partial charge in [-0.3, -0.25) is 4.90 Å². The minimum Gasteiger partial charge on any atom is -0.398 e. The zero-order chi connectivity index (χ0) is 11.8. The largest absolute Gasteiger partial charge is 0.398 e. The van der Waals surface area contributed by atoms with Gasteiger partial charge < -0.3 is 10.3 Å². The van der Waals surface area contributed by atoms with Gasteiger partial charge in [0.05, 0.1) is 5.52 Å². The molecule has 1 aliphatic rings. The molecule has 0 radical (unpaired) electrons. The Morgan fingerprint density at radius 2 is 2.00 bits per heavy atom. The SMILES string of the molecule is Cn1cc(CN2CCCC2)c2c(N)cccc21. The summed E-state index contributed by atoms with van der Waals surface area (Å²) >= 11 is 0. The molecule has 0 unspecified atom stereocenters. The fourth-order valence-electron chi connectivity index (χ4n) is 2.87. The van der Waals surface area contributed by atoms with Crippen molar-refractivity contribution in [1.29, 1.82) is 0 Å². The minimum absolute atomic E-state index is 0.900. The van der Waals surface area contributed by atoms with Crippen molar-refractivity contribution in [2.45, 2.75) is 19.4 Å². The first-order valence-electron chi connectivity index (χ1n) is 6.30. The predicted molar refractivity (Wildman–Crippen MR) is 71.8 cm³/mol. The van der Waals surface area contributed by atoms with Gasteiger partial charge >= 0.3 is 0 Å². The number of benzene rings is 1. The number of rotatable bonds is 2. The topological polar surface area (TPSA) is 34.2 Å². The van der Waals surface area contributed by atoms with Gasteiger partial charge in [0.1, 0.15) is 0 Å². The summed E-state index contributed by atoms with van der Waals surface area (Å²) in [4.78, 5) is 2.52. The van der Waals surface area contributed by atoms with Crippen molar-refractivity contribution in [1.82, 2.24) is 9.47 Å². The van der Waals surface area contributed by atoms with Crippen molar-refractivity contribution in [2.24, 2.45) is 7.05 Å². The second-order valence-electron chi connectivity index (χ2n) is 4.99. The molecule has 0 bridgehead atoms. The molecule has 0 amide bonds. The van der Waals surface area contributed by atoms with E-state index < -0.39 is 0 Å². The van der Waals surface area contributed by atoms with Gasteiger partial charge in [0.15, 0.2) is 0 Å². The van der Waals surface area contributed by atoms with Crippen LogP contribution in [-0.4, -0.2) is 22.6 Å². The Bertz CT molecular complexity index is 536. The second kappa shape index (κ2) is 4.08. The maximum atomic E-state index is 6.11. The van der Waals surface area contributed by atoms with Gasteiger partial charge in [-0.05, 0) is 43.6 Å². The third-order valence-electron chi connectivity index (χ3n) is 3.72. The lowest BCUT2D eigenvalue weighted by molar-refractivity contribution is 0.332. The van der Waals surface area contributed by atoms with Crippen LogP contribution in [0.15, 0.2) is 24.4 Å². The fraction of sp³-hybridized carbons (Fsp3) is 0.429. The summed E-state index contributed by atoms with van der Waals surface area (Å²) in [5, 5.41) is 1.24.